The molecule has 0 saturated heterocycles. The average molecular weight is 410 g/mol. The zero-order valence-electron chi connectivity index (χ0n) is 15.4. The third kappa shape index (κ3) is 4.86. The molecule has 0 aliphatic carbocycles. The number of carbonyl (C=O) groups excluding carboxylic acids is 1. The van der Waals surface area contributed by atoms with E-state index in [1.54, 1.807) is 19.1 Å². The van der Waals surface area contributed by atoms with Crippen molar-refractivity contribution in [1.29, 1.82) is 0 Å². The van der Waals surface area contributed by atoms with Crippen LogP contribution in [0.2, 0.25) is 0 Å². The van der Waals surface area contributed by atoms with Crippen LogP contribution in [0.4, 0.5) is 13.2 Å². The van der Waals surface area contributed by atoms with Gasteiger partial charge in [-0.2, -0.15) is 0 Å². The van der Waals surface area contributed by atoms with Crippen molar-refractivity contribution >= 4 is 11.6 Å². The number of fused-ring (bicyclic) bond motifs is 1. The van der Waals surface area contributed by atoms with Gasteiger partial charge in [0.2, 0.25) is 5.91 Å². The first-order chi connectivity index (χ1) is 13.7. The molecule has 1 N–H and O–H groups in total. The number of halogens is 3. The lowest BCUT2D eigenvalue weighted by molar-refractivity contribution is -0.274. The van der Waals surface area contributed by atoms with E-state index in [1.807, 2.05) is 0 Å². The molecule has 8 nitrogen and oxygen atoms in total. The highest BCUT2D eigenvalue weighted by Crippen LogP contribution is 2.24. The number of nitrogens with zero attached hydrogens (tertiary/aromatic N) is 3. The first-order valence-corrected chi connectivity index (χ1v) is 8.44. The van der Waals surface area contributed by atoms with Gasteiger partial charge in [-0.05, 0) is 36.8 Å². The molecule has 2 aromatic heterocycles. The van der Waals surface area contributed by atoms with Crippen molar-refractivity contribution in [2.75, 3.05) is 7.11 Å². The largest absolute Gasteiger partial charge is 0.573 e. The highest BCUT2D eigenvalue weighted by Gasteiger charge is 2.31. The summed E-state index contributed by atoms with van der Waals surface area (Å²) in [6, 6.07) is 7.86. The van der Waals surface area contributed by atoms with Gasteiger partial charge in [0, 0.05) is 0 Å². The summed E-state index contributed by atoms with van der Waals surface area (Å²) in [5, 5.41) is 6.75. The topological polar surface area (TPSA) is 86.9 Å². The number of aromatic nitrogens is 3. The molecule has 29 heavy (non-hydrogen) atoms. The zero-order valence-corrected chi connectivity index (χ0v) is 15.4. The predicted molar refractivity (Wildman–Crippen MR) is 95.7 cm³/mol. The maximum atomic E-state index is 12.4. The van der Waals surface area contributed by atoms with E-state index in [2.05, 4.69) is 15.2 Å². The second kappa shape index (κ2) is 7.86. The third-order valence-corrected chi connectivity index (χ3v) is 4.07. The van der Waals surface area contributed by atoms with Crippen molar-refractivity contribution in [1.82, 2.24) is 19.5 Å². The molecule has 0 fully saturated rings. The Bertz CT molecular complexity index is 1070. The summed E-state index contributed by atoms with van der Waals surface area (Å²) in [7, 11) is 1.47. The number of hydrogen-bond acceptors (Lipinski definition) is 5. The van der Waals surface area contributed by atoms with E-state index in [1.165, 1.54) is 29.8 Å². The molecule has 11 heteroatoms. The summed E-state index contributed by atoms with van der Waals surface area (Å²) < 4.78 is 47.8. The van der Waals surface area contributed by atoms with Crippen LogP contribution in [0, 0.1) is 0 Å². The van der Waals surface area contributed by atoms with E-state index in [4.69, 9.17) is 4.74 Å². The maximum Gasteiger partial charge on any atom is 0.573 e. The van der Waals surface area contributed by atoms with Gasteiger partial charge in [0.1, 0.15) is 18.0 Å². The van der Waals surface area contributed by atoms with Crippen LogP contribution in [0.15, 0.2) is 47.4 Å². The van der Waals surface area contributed by atoms with Crippen LogP contribution in [-0.2, 0) is 11.3 Å². The second-order valence-corrected chi connectivity index (χ2v) is 6.14. The van der Waals surface area contributed by atoms with E-state index >= 15 is 0 Å². The van der Waals surface area contributed by atoms with Crippen molar-refractivity contribution in [3.63, 3.8) is 0 Å². The van der Waals surface area contributed by atoms with Gasteiger partial charge in [-0.1, -0.05) is 12.1 Å². The number of pyridine rings is 1. The number of amides is 1. The Kier molecular flexibility index (Phi) is 5.48. The molecule has 3 rings (SSSR count). The number of hydrogen-bond donors (Lipinski definition) is 1. The van der Waals surface area contributed by atoms with Crippen molar-refractivity contribution in [3.05, 3.63) is 58.6 Å². The van der Waals surface area contributed by atoms with E-state index in [0.717, 1.165) is 16.8 Å². The summed E-state index contributed by atoms with van der Waals surface area (Å²) in [5.74, 6) is -0.368. The quantitative estimate of drug-likeness (QED) is 0.674. The standard InChI is InChI=1S/C18H17F3N4O4/c1-11(12-3-5-13(6-4-12)29-18(19,20)21)22-16(26)10-25-17(27)24-9-14(28-2)7-8-15(24)23-25/h3-9,11H,10H2,1-2H3,(H,22,26)/t11-/m0/s1. The van der Waals surface area contributed by atoms with Crippen LogP contribution in [0.5, 0.6) is 11.5 Å². The minimum Gasteiger partial charge on any atom is -0.495 e. The minimum atomic E-state index is -4.77. The monoisotopic (exact) mass is 410 g/mol. The summed E-state index contributed by atoms with van der Waals surface area (Å²) in [4.78, 5) is 24.6. The lowest BCUT2D eigenvalue weighted by Crippen LogP contribution is -2.34. The summed E-state index contributed by atoms with van der Waals surface area (Å²) in [6.45, 7) is 1.34. The predicted octanol–water partition coefficient (Wildman–Crippen LogP) is 2.28. The Morgan fingerprint density at radius 3 is 2.45 bits per heavy atom. The lowest BCUT2D eigenvalue weighted by Gasteiger charge is -2.15. The Labute approximate surface area is 162 Å². The molecule has 0 saturated carbocycles. The first kappa shape index (κ1) is 20.2. The molecule has 0 aliphatic heterocycles. The molecule has 3 aromatic rings. The van der Waals surface area contributed by atoms with Crippen molar-refractivity contribution in [2.45, 2.75) is 25.9 Å². The fourth-order valence-corrected chi connectivity index (χ4v) is 2.69. The van der Waals surface area contributed by atoms with Gasteiger partial charge >= 0.3 is 12.1 Å². The number of ether oxygens (including phenoxy) is 2. The van der Waals surface area contributed by atoms with E-state index in [9.17, 15) is 22.8 Å². The van der Waals surface area contributed by atoms with Gasteiger partial charge in [0.05, 0.1) is 19.3 Å². The van der Waals surface area contributed by atoms with Gasteiger partial charge in [-0.3, -0.25) is 4.79 Å². The molecule has 0 aliphatic rings. The Balaban J connectivity index is 1.67. The third-order valence-electron chi connectivity index (χ3n) is 4.07. The minimum absolute atomic E-state index is 0.317. The zero-order chi connectivity index (χ0) is 21.2. The molecule has 1 amide bonds. The SMILES string of the molecule is COc1ccc2nn(CC(=O)N[C@@H](C)c3ccc(OC(F)(F)F)cc3)c(=O)n2c1. The number of nitrogens with one attached hydrogen (secondary N) is 1. The van der Waals surface area contributed by atoms with Crippen molar-refractivity contribution < 1.29 is 27.4 Å². The lowest BCUT2D eigenvalue weighted by atomic mass is 10.1. The smallest absolute Gasteiger partial charge is 0.495 e. The number of alkyl halides is 3. The van der Waals surface area contributed by atoms with E-state index in [0.29, 0.717) is 17.0 Å². The molecule has 0 bridgehead atoms. The van der Waals surface area contributed by atoms with Crippen molar-refractivity contribution in [2.24, 2.45) is 0 Å². The molecule has 1 atom stereocenters. The fraction of sp³-hybridized carbons (Fsp3) is 0.278. The number of rotatable bonds is 6. The highest BCUT2D eigenvalue weighted by atomic mass is 19.4. The molecular formula is C18H17F3N4O4. The average Bonchev–Trinajstić information content (AvgIpc) is 2.95. The maximum absolute atomic E-state index is 12.4. The van der Waals surface area contributed by atoms with Crippen molar-refractivity contribution in [3.8, 4) is 11.5 Å². The second-order valence-electron chi connectivity index (χ2n) is 6.14. The van der Waals surface area contributed by atoms with E-state index in [-0.39, 0.29) is 12.3 Å². The van der Waals surface area contributed by atoms with Crippen LogP contribution in [0.3, 0.4) is 0 Å². The Hall–Kier alpha value is -3.50. The molecule has 0 spiro atoms. The van der Waals surface area contributed by atoms with Crippen LogP contribution in [0.1, 0.15) is 18.5 Å². The van der Waals surface area contributed by atoms with Crippen LogP contribution in [0.25, 0.3) is 5.65 Å². The van der Waals surface area contributed by atoms with Gasteiger partial charge < -0.3 is 14.8 Å². The van der Waals surface area contributed by atoms with E-state index < -0.39 is 24.0 Å². The number of carbonyl (C=O) groups is 1. The summed E-state index contributed by atoms with van der Waals surface area (Å²) in [5.41, 5.74) is 0.423. The van der Waals surface area contributed by atoms with Crippen LogP contribution >= 0.6 is 0 Å². The normalized spacial score (nSPS) is 12.6. The molecule has 154 valence electrons. The van der Waals surface area contributed by atoms with Crippen LogP contribution < -0.4 is 20.5 Å². The van der Waals surface area contributed by atoms with Gasteiger partial charge in [0.15, 0.2) is 5.65 Å². The molecular weight excluding hydrogens is 393 g/mol. The molecule has 0 unspecified atom stereocenters. The highest BCUT2D eigenvalue weighted by molar-refractivity contribution is 5.76. The molecule has 2 heterocycles. The Morgan fingerprint density at radius 1 is 1.17 bits per heavy atom. The van der Waals surface area contributed by atoms with Gasteiger partial charge in [-0.25, -0.2) is 13.9 Å². The van der Waals surface area contributed by atoms with Gasteiger partial charge in [0.25, 0.3) is 0 Å². The number of benzene rings is 1. The summed E-state index contributed by atoms with van der Waals surface area (Å²) in [6.07, 6.45) is -3.31. The Morgan fingerprint density at radius 2 is 1.83 bits per heavy atom. The molecule has 1 aromatic carbocycles. The fourth-order valence-electron chi connectivity index (χ4n) is 2.69. The summed E-state index contributed by atoms with van der Waals surface area (Å²) >= 11 is 0. The van der Waals surface area contributed by atoms with Crippen LogP contribution in [-0.4, -0.2) is 33.6 Å². The number of methoxy groups -OCH3 is 1. The molecule has 0 radical (unpaired) electrons. The first-order valence-electron chi connectivity index (χ1n) is 8.44. The van der Waals surface area contributed by atoms with Gasteiger partial charge in [-0.15, -0.1) is 18.3 Å².